The molecule has 1 fully saturated rings. The maximum atomic E-state index is 5.60. The Labute approximate surface area is 111 Å². The minimum atomic E-state index is 0.399. The van der Waals surface area contributed by atoms with Crippen LogP contribution in [-0.2, 0) is 0 Å². The van der Waals surface area contributed by atoms with Gasteiger partial charge in [-0.3, -0.25) is 0 Å². The lowest BCUT2D eigenvalue weighted by atomic mass is 9.92. The zero-order valence-electron chi connectivity index (χ0n) is 12.4. The molecule has 0 saturated heterocycles. The summed E-state index contributed by atoms with van der Waals surface area (Å²) in [5, 5.41) is 3.49. The highest BCUT2D eigenvalue weighted by atomic mass is 16.5. The number of nitrogens with one attached hydrogen (secondary N) is 1. The zero-order valence-corrected chi connectivity index (χ0v) is 12.4. The number of methoxy groups -OCH3 is 1. The van der Waals surface area contributed by atoms with Crippen molar-refractivity contribution in [1.82, 2.24) is 5.32 Å². The van der Waals surface area contributed by atoms with E-state index in [1.54, 1.807) is 7.11 Å². The standard InChI is InChI=1S/C16H25NO/c1-10-7-11(2)14(13(8-10)18-6)15(17-5)12-9-16(12,3)4/h7-8,12,15,17H,9H2,1-6H3. The molecule has 1 aromatic carbocycles. The Morgan fingerprint density at radius 3 is 2.39 bits per heavy atom. The van der Waals surface area contributed by atoms with Gasteiger partial charge in [-0.05, 0) is 55.8 Å². The molecule has 2 rings (SSSR count). The molecular formula is C16H25NO. The lowest BCUT2D eigenvalue weighted by Gasteiger charge is -2.23. The summed E-state index contributed by atoms with van der Waals surface area (Å²) in [5.41, 5.74) is 4.38. The summed E-state index contributed by atoms with van der Waals surface area (Å²) in [6, 6.07) is 4.79. The van der Waals surface area contributed by atoms with Crippen LogP contribution < -0.4 is 10.1 Å². The molecule has 2 unspecified atom stereocenters. The predicted octanol–water partition coefficient (Wildman–Crippen LogP) is 3.62. The molecule has 0 spiro atoms. The molecule has 1 aromatic rings. The quantitative estimate of drug-likeness (QED) is 0.877. The molecule has 0 aliphatic heterocycles. The average molecular weight is 247 g/mol. The summed E-state index contributed by atoms with van der Waals surface area (Å²) in [6.45, 7) is 9.00. The first-order valence-electron chi connectivity index (χ1n) is 6.73. The van der Waals surface area contributed by atoms with Gasteiger partial charge in [-0.1, -0.05) is 19.9 Å². The first kappa shape index (κ1) is 13.4. The van der Waals surface area contributed by atoms with Gasteiger partial charge in [0.1, 0.15) is 5.75 Å². The fraction of sp³-hybridized carbons (Fsp3) is 0.625. The van der Waals surface area contributed by atoms with Gasteiger partial charge in [-0.2, -0.15) is 0 Å². The van der Waals surface area contributed by atoms with Crippen molar-refractivity contribution in [2.24, 2.45) is 11.3 Å². The maximum Gasteiger partial charge on any atom is 0.124 e. The van der Waals surface area contributed by atoms with Crippen LogP contribution in [0, 0.1) is 25.2 Å². The fourth-order valence-electron chi connectivity index (χ4n) is 3.13. The summed E-state index contributed by atoms with van der Waals surface area (Å²) in [7, 11) is 3.82. The molecule has 0 bridgehead atoms. The molecule has 1 aliphatic carbocycles. The van der Waals surface area contributed by atoms with E-state index in [0.717, 1.165) is 5.75 Å². The molecule has 0 aromatic heterocycles. The van der Waals surface area contributed by atoms with E-state index in [1.807, 2.05) is 0 Å². The Hall–Kier alpha value is -1.02. The lowest BCUT2D eigenvalue weighted by molar-refractivity contribution is 0.383. The second kappa shape index (κ2) is 4.58. The molecule has 2 heteroatoms. The Bertz CT molecular complexity index is 451. The first-order valence-corrected chi connectivity index (χ1v) is 6.73. The van der Waals surface area contributed by atoms with Gasteiger partial charge in [-0.25, -0.2) is 0 Å². The van der Waals surface area contributed by atoms with Crippen molar-refractivity contribution in [3.05, 3.63) is 28.8 Å². The van der Waals surface area contributed by atoms with Crippen LogP contribution in [0.5, 0.6) is 5.75 Å². The molecule has 2 nitrogen and oxygen atoms in total. The van der Waals surface area contributed by atoms with Gasteiger partial charge in [-0.15, -0.1) is 0 Å². The smallest absolute Gasteiger partial charge is 0.124 e. The van der Waals surface area contributed by atoms with Crippen molar-refractivity contribution in [1.29, 1.82) is 0 Å². The van der Waals surface area contributed by atoms with E-state index in [-0.39, 0.29) is 0 Å². The third-order valence-corrected chi connectivity index (χ3v) is 4.33. The molecule has 0 amide bonds. The highest BCUT2D eigenvalue weighted by Gasteiger charge is 2.50. The van der Waals surface area contributed by atoms with Crippen molar-refractivity contribution >= 4 is 0 Å². The Balaban J connectivity index is 2.42. The molecule has 100 valence electrons. The Morgan fingerprint density at radius 1 is 1.33 bits per heavy atom. The van der Waals surface area contributed by atoms with E-state index in [1.165, 1.54) is 23.1 Å². The van der Waals surface area contributed by atoms with Gasteiger partial charge < -0.3 is 10.1 Å². The van der Waals surface area contributed by atoms with Crippen molar-refractivity contribution in [2.45, 2.75) is 40.2 Å². The Morgan fingerprint density at radius 2 is 1.94 bits per heavy atom. The van der Waals surface area contributed by atoms with Crippen LogP contribution in [-0.4, -0.2) is 14.2 Å². The van der Waals surface area contributed by atoms with Crippen LogP contribution in [0.15, 0.2) is 12.1 Å². The highest BCUT2D eigenvalue weighted by molar-refractivity contribution is 5.46. The second-order valence-electron chi connectivity index (χ2n) is 6.26. The molecule has 18 heavy (non-hydrogen) atoms. The molecule has 1 saturated carbocycles. The number of benzene rings is 1. The van der Waals surface area contributed by atoms with E-state index >= 15 is 0 Å². The summed E-state index contributed by atoms with van der Waals surface area (Å²) in [6.07, 6.45) is 1.29. The molecule has 1 N–H and O–H groups in total. The minimum absolute atomic E-state index is 0.399. The number of rotatable bonds is 4. The van der Waals surface area contributed by atoms with Crippen molar-refractivity contribution in [2.75, 3.05) is 14.2 Å². The average Bonchev–Trinajstić information content (AvgIpc) is 2.91. The van der Waals surface area contributed by atoms with Crippen molar-refractivity contribution < 1.29 is 4.74 Å². The van der Waals surface area contributed by atoms with Gasteiger partial charge in [0.2, 0.25) is 0 Å². The summed E-state index contributed by atoms with van der Waals surface area (Å²) in [5.74, 6) is 1.73. The number of aryl methyl sites for hydroxylation is 2. The largest absolute Gasteiger partial charge is 0.496 e. The molecule has 0 radical (unpaired) electrons. The number of hydrogen-bond acceptors (Lipinski definition) is 2. The zero-order chi connectivity index (χ0) is 13.5. The molecule has 2 atom stereocenters. The van der Waals surface area contributed by atoms with Crippen LogP contribution in [0.25, 0.3) is 0 Å². The van der Waals surface area contributed by atoms with Crippen molar-refractivity contribution in [3.63, 3.8) is 0 Å². The second-order valence-corrected chi connectivity index (χ2v) is 6.26. The van der Waals surface area contributed by atoms with Crippen LogP contribution in [0.2, 0.25) is 0 Å². The van der Waals surface area contributed by atoms with E-state index in [0.29, 0.717) is 17.4 Å². The van der Waals surface area contributed by atoms with E-state index in [4.69, 9.17) is 4.74 Å². The van der Waals surface area contributed by atoms with Crippen LogP contribution in [0.1, 0.15) is 43.0 Å². The van der Waals surface area contributed by atoms with E-state index < -0.39 is 0 Å². The SMILES string of the molecule is CNC(c1c(C)cc(C)cc1OC)C1CC1(C)C. The molecule has 0 heterocycles. The maximum absolute atomic E-state index is 5.60. The number of hydrogen-bond donors (Lipinski definition) is 1. The van der Waals surface area contributed by atoms with E-state index in [9.17, 15) is 0 Å². The van der Waals surface area contributed by atoms with Crippen LogP contribution >= 0.6 is 0 Å². The third-order valence-electron chi connectivity index (χ3n) is 4.33. The van der Waals surface area contributed by atoms with Gasteiger partial charge in [0.15, 0.2) is 0 Å². The molecule has 1 aliphatic rings. The van der Waals surface area contributed by atoms with Gasteiger partial charge >= 0.3 is 0 Å². The minimum Gasteiger partial charge on any atom is -0.496 e. The van der Waals surface area contributed by atoms with Gasteiger partial charge in [0, 0.05) is 11.6 Å². The number of ether oxygens (including phenoxy) is 1. The van der Waals surface area contributed by atoms with E-state index in [2.05, 4.69) is 52.2 Å². The lowest BCUT2D eigenvalue weighted by Crippen LogP contribution is -2.22. The molecular weight excluding hydrogens is 222 g/mol. The summed E-state index contributed by atoms with van der Waals surface area (Å²) < 4.78 is 5.60. The predicted molar refractivity (Wildman–Crippen MR) is 76.2 cm³/mol. The topological polar surface area (TPSA) is 21.3 Å². The first-order chi connectivity index (χ1) is 8.40. The summed E-state index contributed by atoms with van der Waals surface area (Å²) in [4.78, 5) is 0. The normalized spacial score (nSPS) is 22.7. The van der Waals surface area contributed by atoms with Crippen LogP contribution in [0.3, 0.4) is 0 Å². The highest BCUT2D eigenvalue weighted by Crippen LogP contribution is 2.58. The van der Waals surface area contributed by atoms with Gasteiger partial charge in [0.25, 0.3) is 0 Å². The monoisotopic (exact) mass is 247 g/mol. The third kappa shape index (κ3) is 2.26. The van der Waals surface area contributed by atoms with Crippen LogP contribution in [0.4, 0.5) is 0 Å². The Kier molecular flexibility index (Phi) is 3.41. The fourth-order valence-corrected chi connectivity index (χ4v) is 3.13. The van der Waals surface area contributed by atoms with Gasteiger partial charge in [0.05, 0.1) is 7.11 Å². The van der Waals surface area contributed by atoms with Crippen molar-refractivity contribution in [3.8, 4) is 5.75 Å². The summed E-state index contributed by atoms with van der Waals surface area (Å²) >= 11 is 0.